The van der Waals surface area contributed by atoms with Gasteiger partial charge in [0.1, 0.15) is 0 Å². The van der Waals surface area contributed by atoms with Crippen molar-refractivity contribution in [1.29, 1.82) is 0 Å². The Kier molecular flexibility index (Phi) is 2.74. The van der Waals surface area contributed by atoms with E-state index < -0.39 is 11.4 Å². The molecule has 0 aliphatic heterocycles. The summed E-state index contributed by atoms with van der Waals surface area (Å²) in [6, 6.07) is 3.31. The SMILES string of the molecule is COc1cc(C(C)(C)C(=O)O)ccn1. The number of nitrogens with zero attached hydrogens (tertiary/aromatic N) is 1. The minimum Gasteiger partial charge on any atom is -0.481 e. The molecular formula is C10H13NO3. The highest BCUT2D eigenvalue weighted by atomic mass is 16.5. The molecule has 0 radical (unpaired) electrons. The van der Waals surface area contributed by atoms with Gasteiger partial charge in [0, 0.05) is 12.3 Å². The lowest BCUT2D eigenvalue weighted by atomic mass is 9.85. The lowest BCUT2D eigenvalue weighted by Crippen LogP contribution is -2.28. The zero-order valence-electron chi connectivity index (χ0n) is 8.44. The van der Waals surface area contributed by atoms with Gasteiger partial charge in [0.05, 0.1) is 12.5 Å². The number of pyridine rings is 1. The van der Waals surface area contributed by atoms with Gasteiger partial charge in [0.25, 0.3) is 0 Å². The zero-order chi connectivity index (χ0) is 10.8. The number of aromatic nitrogens is 1. The Morgan fingerprint density at radius 1 is 1.57 bits per heavy atom. The summed E-state index contributed by atoms with van der Waals surface area (Å²) in [7, 11) is 1.50. The predicted molar refractivity (Wildman–Crippen MR) is 51.5 cm³/mol. The molecule has 0 spiro atoms. The van der Waals surface area contributed by atoms with Crippen molar-refractivity contribution in [3.63, 3.8) is 0 Å². The molecule has 0 unspecified atom stereocenters. The van der Waals surface area contributed by atoms with E-state index in [9.17, 15) is 4.79 Å². The molecule has 0 bridgehead atoms. The third-order valence-corrected chi connectivity index (χ3v) is 2.20. The Morgan fingerprint density at radius 2 is 2.21 bits per heavy atom. The Morgan fingerprint density at radius 3 is 2.71 bits per heavy atom. The number of aliphatic carboxylic acids is 1. The molecule has 0 aliphatic rings. The molecule has 0 amide bonds. The first-order chi connectivity index (χ1) is 6.48. The van der Waals surface area contributed by atoms with Crippen molar-refractivity contribution >= 4 is 5.97 Å². The molecule has 1 rings (SSSR count). The second-order valence-corrected chi connectivity index (χ2v) is 3.52. The van der Waals surface area contributed by atoms with Gasteiger partial charge in [-0.2, -0.15) is 0 Å². The molecule has 0 aromatic carbocycles. The van der Waals surface area contributed by atoms with Crippen LogP contribution in [0.5, 0.6) is 5.88 Å². The van der Waals surface area contributed by atoms with E-state index in [4.69, 9.17) is 9.84 Å². The van der Waals surface area contributed by atoms with Gasteiger partial charge in [-0.1, -0.05) is 0 Å². The van der Waals surface area contributed by atoms with Crippen LogP contribution in [0.15, 0.2) is 18.3 Å². The zero-order valence-corrected chi connectivity index (χ0v) is 8.44. The van der Waals surface area contributed by atoms with Gasteiger partial charge >= 0.3 is 5.97 Å². The van der Waals surface area contributed by atoms with E-state index in [-0.39, 0.29) is 0 Å². The molecule has 14 heavy (non-hydrogen) atoms. The maximum absolute atomic E-state index is 11.0. The fourth-order valence-electron chi connectivity index (χ4n) is 1.03. The number of methoxy groups -OCH3 is 1. The Hall–Kier alpha value is -1.58. The Balaban J connectivity index is 3.12. The fourth-order valence-corrected chi connectivity index (χ4v) is 1.03. The number of ether oxygens (including phenoxy) is 1. The summed E-state index contributed by atoms with van der Waals surface area (Å²) in [6.07, 6.45) is 1.54. The average Bonchev–Trinajstić information content (AvgIpc) is 2.17. The van der Waals surface area contributed by atoms with Crippen LogP contribution >= 0.6 is 0 Å². The van der Waals surface area contributed by atoms with Crippen LogP contribution < -0.4 is 4.74 Å². The van der Waals surface area contributed by atoms with Crippen molar-refractivity contribution in [2.24, 2.45) is 0 Å². The summed E-state index contributed by atoms with van der Waals surface area (Å²) in [4.78, 5) is 14.9. The second-order valence-electron chi connectivity index (χ2n) is 3.52. The van der Waals surface area contributed by atoms with Gasteiger partial charge in [-0.25, -0.2) is 4.98 Å². The summed E-state index contributed by atoms with van der Waals surface area (Å²) in [5.41, 5.74) is -0.243. The third kappa shape index (κ3) is 1.84. The Bertz CT molecular complexity index is 347. The maximum atomic E-state index is 11.0. The van der Waals surface area contributed by atoms with E-state index in [0.29, 0.717) is 11.4 Å². The number of hydrogen-bond donors (Lipinski definition) is 1. The van der Waals surface area contributed by atoms with Crippen molar-refractivity contribution in [1.82, 2.24) is 4.98 Å². The van der Waals surface area contributed by atoms with Crippen LogP contribution in [0.2, 0.25) is 0 Å². The second kappa shape index (κ2) is 3.65. The topological polar surface area (TPSA) is 59.4 Å². The molecule has 1 N–H and O–H groups in total. The fraction of sp³-hybridized carbons (Fsp3) is 0.400. The van der Waals surface area contributed by atoms with E-state index in [1.165, 1.54) is 7.11 Å². The van der Waals surface area contributed by atoms with Crippen LogP contribution in [0.25, 0.3) is 0 Å². The van der Waals surface area contributed by atoms with Gasteiger partial charge in [0.15, 0.2) is 0 Å². The van der Waals surface area contributed by atoms with Crippen LogP contribution in [0.3, 0.4) is 0 Å². The maximum Gasteiger partial charge on any atom is 0.313 e. The van der Waals surface area contributed by atoms with Crippen molar-refractivity contribution < 1.29 is 14.6 Å². The third-order valence-electron chi connectivity index (χ3n) is 2.20. The van der Waals surface area contributed by atoms with Crippen molar-refractivity contribution in [3.05, 3.63) is 23.9 Å². The number of carbonyl (C=O) groups is 1. The number of carboxylic acid groups (broad SMARTS) is 1. The molecule has 0 aliphatic carbocycles. The highest BCUT2D eigenvalue weighted by molar-refractivity contribution is 5.80. The van der Waals surface area contributed by atoms with E-state index >= 15 is 0 Å². The van der Waals surface area contributed by atoms with E-state index in [2.05, 4.69) is 4.98 Å². The normalized spacial score (nSPS) is 11.1. The van der Waals surface area contributed by atoms with Crippen LogP contribution in [0.4, 0.5) is 0 Å². The summed E-state index contributed by atoms with van der Waals surface area (Å²) in [6.45, 7) is 3.29. The molecule has 1 aromatic heterocycles. The van der Waals surface area contributed by atoms with Gasteiger partial charge in [-0.15, -0.1) is 0 Å². The minimum atomic E-state index is -0.920. The molecule has 1 heterocycles. The van der Waals surface area contributed by atoms with Gasteiger partial charge < -0.3 is 9.84 Å². The quantitative estimate of drug-likeness (QED) is 0.793. The van der Waals surface area contributed by atoms with Gasteiger partial charge in [-0.3, -0.25) is 4.79 Å². The Labute approximate surface area is 82.5 Å². The minimum absolute atomic E-state index is 0.428. The first-order valence-electron chi connectivity index (χ1n) is 4.22. The molecule has 0 atom stereocenters. The van der Waals surface area contributed by atoms with E-state index in [0.717, 1.165) is 0 Å². The van der Waals surface area contributed by atoms with Crippen molar-refractivity contribution in [2.45, 2.75) is 19.3 Å². The highest BCUT2D eigenvalue weighted by Crippen LogP contribution is 2.25. The van der Waals surface area contributed by atoms with Crippen LogP contribution in [0.1, 0.15) is 19.4 Å². The van der Waals surface area contributed by atoms with Gasteiger partial charge in [0.2, 0.25) is 5.88 Å². The van der Waals surface area contributed by atoms with Crippen LogP contribution in [0, 0.1) is 0 Å². The molecular weight excluding hydrogens is 182 g/mol. The first kappa shape index (κ1) is 10.5. The van der Waals surface area contributed by atoms with Gasteiger partial charge in [-0.05, 0) is 25.5 Å². The van der Waals surface area contributed by atoms with Crippen molar-refractivity contribution in [2.75, 3.05) is 7.11 Å². The molecule has 0 saturated heterocycles. The van der Waals surface area contributed by atoms with Crippen LogP contribution in [-0.2, 0) is 10.2 Å². The number of carboxylic acids is 1. The largest absolute Gasteiger partial charge is 0.481 e. The molecule has 4 nitrogen and oxygen atoms in total. The molecule has 4 heteroatoms. The van der Waals surface area contributed by atoms with Crippen molar-refractivity contribution in [3.8, 4) is 5.88 Å². The average molecular weight is 195 g/mol. The first-order valence-corrected chi connectivity index (χ1v) is 4.22. The molecule has 76 valence electrons. The monoisotopic (exact) mass is 195 g/mol. The lowest BCUT2D eigenvalue weighted by Gasteiger charge is -2.19. The summed E-state index contributed by atoms with van der Waals surface area (Å²) < 4.78 is 4.93. The van der Waals surface area contributed by atoms with Crippen LogP contribution in [-0.4, -0.2) is 23.2 Å². The summed E-state index contributed by atoms with van der Waals surface area (Å²) in [5.74, 6) is -0.442. The molecule has 1 aromatic rings. The molecule has 0 saturated carbocycles. The van der Waals surface area contributed by atoms with E-state index in [1.54, 1.807) is 32.2 Å². The predicted octanol–water partition coefficient (Wildman–Crippen LogP) is 1.45. The van der Waals surface area contributed by atoms with E-state index in [1.807, 2.05) is 0 Å². The lowest BCUT2D eigenvalue weighted by molar-refractivity contribution is -0.142. The standard InChI is InChI=1S/C10H13NO3/c1-10(2,9(12)13)7-4-5-11-8(6-7)14-3/h4-6H,1-3H3,(H,12,13). The number of hydrogen-bond acceptors (Lipinski definition) is 3. The number of rotatable bonds is 3. The highest BCUT2D eigenvalue weighted by Gasteiger charge is 2.29. The molecule has 0 fully saturated rings. The smallest absolute Gasteiger partial charge is 0.313 e. The summed E-state index contributed by atoms with van der Waals surface area (Å²) in [5, 5.41) is 9.00. The summed E-state index contributed by atoms with van der Waals surface area (Å²) >= 11 is 0.